The molecule has 1 N–H and O–H groups in total. The first-order valence-electron chi connectivity index (χ1n) is 3.75. The minimum atomic E-state index is -1.12. The number of halogens is 1. The Labute approximate surface area is 74.8 Å². The van der Waals surface area contributed by atoms with Crippen molar-refractivity contribution in [2.24, 2.45) is 0 Å². The lowest BCUT2D eigenvalue weighted by molar-refractivity contribution is -0.144. The highest BCUT2D eigenvalue weighted by atomic mass is 19.1. The molecule has 3 nitrogen and oxygen atoms in total. The van der Waals surface area contributed by atoms with Crippen LogP contribution in [0.25, 0.3) is 0 Å². The molecule has 1 rings (SSSR count). The molecular weight excluding hydrogens is 175 g/mol. The molecule has 0 bridgehead atoms. The second-order valence-corrected chi connectivity index (χ2v) is 2.53. The lowest BCUT2D eigenvalue weighted by Gasteiger charge is -2.10. The number of para-hydroxylation sites is 1. The number of hydrogen-bond donors (Lipinski definition) is 1. The first kappa shape index (κ1) is 9.51. The molecule has 1 atom stereocenters. The molecule has 0 amide bonds. The lowest BCUT2D eigenvalue weighted by Crippen LogP contribution is -2.23. The fourth-order valence-electron chi connectivity index (χ4n) is 0.781. The molecule has 1 aromatic carbocycles. The van der Waals surface area contributed by atoms with Gasteiger partial charge in [0.1, 0.15) is 0 Å². The summed E-state index contributed by atoms with van der Waals surface area (Å²) in [6.07, 6.45) is -1.04. The quantitative estimate of drug-likeness (QED) is 0.777. The highest BCUT2D eigenvalue weighted by Gasteiger charge is 2.13. The van der Waals surface area contributed by atoms with Crippen molar-refractivity contribution in [2.75, 3.05) is 0 Å². The summed E-state index contributed by atoms with van der Waals surface area (Å²) in [5, 5.41) is 8.49. The van der Waals surface area contributed by atoms with E-state index in [2.05, 4.69) is 0 Å². The van der Waals surface area contributed by atoms with Crippen molar-refractivity contribution < 1.29 is 19.0 Å². The summed E-state index contributed by atoms with van der Waals surface area (Å²) in [6.45, 7) is 1.34. The average molecular weight is 184 g/mol. The fourth-order valence-corrected chi connectivity index (χ4v) is 0.781. The van der Waals surface area contributed by atoms with Gasteiger partial charge in [-0.15, -0.1) is 0 Å². The molecule has 0 fully saturated rings. The molecule has 0 aliphatic carbocycles. The minimum Gasteiger partial charge on any atom is -0.479 e. The zero-order valence-electron chi connectivity index (χ0n) is 7.03. The SMILES string of the molecule is CC(Oc1ccccc1F)C(=O)O. The standard InChI is InChI=1S/C9H9FO3/c1-6(9(11)12)13-8-5-3-2-4-7(8)10/h2-6H,1H3,(H,11,12). The highest BCUT2D eigenvalue weighted by molar-refractivity contribution is 5.72. The number of benzene rings is 1. The molecule has 1 aromatic rings. The number of carboxylic acid groups (broad SMARTS) is 1. The van der Waals surface area contributed by atoms with Gasteiger partial charge in [0, 0.05) is 0 Å². The van der Waals surface area contributed by atoms with Gasteiger partial charge in [-0.2, -0.15) is 0 Å². The summed E-state index contributed by atoms with van der Waals surface area (Å²) >= 11 is 0. The Morgan fingerprint density at radius 2 is 2.15 bits per heavy atom. The van der Waals surface area contributed by atoms with Crippen LogP contribution in [-0.2, 0) is 4.79 Å². The zero-order valence-corrected chi connectivity index (χ0v) is 7.03. The summed E-state index contributed by atoms with van der Waals surface area (Å²) < 4.78 is 17.7. The molecule has 0 spiro atoms. The number of carboxylic acids is 1. The highest BCUT2D eigenvalue weighted by Crippen LogP contribution is 2.16. The van der Waals surface area contributed by atoms with Crippen molar-refractivity contribution in [3.05, 3.63) is 30.1 Å². The molecule has 0 radical (unpaired) electrons. The normalized spacial score (nSPS) is 12.2. The van der Waals surface area contributed by atoms with E-state index in [1.54, 1.807) is 6.07 Å². The fraction of sp³-hybridized carbons (Fsp3) is 0.222. The molecule has 0 saturated heterocycles. The maximum atomic E-state index is 12.9. The van der Waals surface area contributed by atoms with E-state index >= 15 is 0 Å². The van der Waals surface area contributed by atoms with Crippen molar-refractivity contribution in [1.82, 2.24) is 0 Å². The number of hydrogen-bond acceptors (Lipinski definition) is 2. The van der Waals surface area contributed by atoms with Crippen molar-refractivity contribution in [3.63, 3.8) is 0 Å². The summed E-state index contributed by atoms with van der Waals surface area (Å²) in [5.41, 5.74) is 0. The van der Waals surface area contributed by atoms with Crippen LogP contribution < -0.4 is 4.74 Å². The molecule has 13 heavy (non-hydrogen) atoms. The van der Waals surface area contributed by atoms with Crippen LogP contribution in [0.5, 0.6) is 5.75 Å². The van der Waals surface area contributed by atoms with Crippen molar-refractivity contribution in [1.29, 1.82) is 0 Å². The molecule has 0 aromatic heterocycles. The third-order valence-corrected chi connectivity index (χ3v) is 1.49. The monoisotopic (exact) mass is 184 g/mol. The maximum absolute atomic E-state index is 12.9. The van der Waals surface area contributed by atoms with E-state index in [-0.39, 0.29) is 5.75 Å². The maximum Gasteiger partial charge on any atom is 0.344 e. The Morgan fingerprint density at radius 1 is 1.54 bits per heavy atom. The van der Waals surface area contributed by atoms with Gasteiger partial charge in [0.25, 0.3) is 0 Å². The van der Waals surface area contributed by atoms with Crippen LogP contribution in [-0.4, -0.2) is 17.2 Å². The summed E-state index contributed by atoms with van der Waals surface area (Å²) in [4.78, 5) is 10.4. The van der Waals surface area contributed by atoms with Crippen LogP contribution >= 0.6 is 0 Å². The Morgan fingerprint density at radius 3 is 2.69 bits per heavy atom. The number of aliphatic carboxylic acids is 1. The minimum absolute atomic E-state index is 0.0441. The van der Waals surface area contributed by atoms with Gasteiger partial charge in [0.15, 0.2) is 17.7 Å². The molecule has 0 heterocycles. The van der Waals surface area contributed by atoms with Gasteiger partial charge in [0.2, 0.25) is 0 Å². The van der Waals surface area contributed by atoms with E-state index in [0.29, 0.717) is 0 Å². The van der Waals surface area contributed by atoms with Crippen molar-refractivity contribution in [2.45, 2.75) is 13.0 Å². The van der Waals surface area contributed by atoms with Gasteiger partial charge >= 0.3 is 5.97 Å². The van der Waals surface area contributed by atoms with Crippen LogP contribution in [0.1, 0.15) is 6.92 Å². The smallest absolute Gasteiger partial charge is 0.344 e. The Bertz CT molecular complexity index is 311. The first-order valence-corrected chi connectivity index (χ1v) is 3.75. The predicted octanol–water partition coefficient (Wildman–Crippen LogP) is 1.68. The summed E-state index contributed by atoms with van der Waals surface area (Å²) in [7, 11) is 0. The van der Waals surface area contributed by atoms with Crippen LogP contribution in [0.15, 0.2) is 24.3 Å². The van der Waals surface area contributed by atoms with Crippen LogP contribution in [0.4, 0.5) is 4.39 Å². The molecule has 0 aliphatic rings. The van der Waals surface area contributed by atoms with E-state index < -0.39 is 17.9 Å². The van der Waals surface area contributed by atoms with Crippen molar-refractivity contribution >= 4 is 5.97 Å². The van der Waals surface area contributed by atoms with Gasteiger partial charge in [0.05, 0.1) is 0 Å². The van der Waals surface area contributed by atoms with E-state index in [9.17, 15) is 9.18 Å². The van der Waals surface area contributed by atoms with E-state index in [0.717, 1.165) is 0 Å². The second kappa shape index (κ2) is 3.89. The average Bonchev–Trinajstić information content (AvgIpc) is 2.08. The molecule has 1 unspecified atom stereocenters. The van der Waals surface area contributed by atoms with Gasteiger partial charge in [-0.1, -0.05) is 12.1 Å². The van der Waals surface area contributed by atoms with Gasteiger partial charge in [-0.25, -0.2) is 9.18 Å². The summed E-state index contributed by atoms with van der Waals surface area (Å²) in [6, 6.07) is 5.68. The lowest BCUT2D eigenvalue weighted by atomic mass is 10.3. The number of rotatable bonds is 3. The van der Waals surface area contributed by atoms with E-state index in [1.165, 1.54) is 25.1 Å². The largest absolute Gasteiger partial charge is 0.479 e. The Balaban J connectivity index is 2.74. The van der Waals surface area contributed by atoms with Crippen LogP contribution in [0, 0.1) is 5.82 Å². The first-order chi connectivity index (χ1) is 6.11. The number of ether oxygens (including phenoxy) is 1. The topological polar surface area (TPSA) is 46.5 Å². The van der Waals surface area contributed by atoms with E-state index in [4.69, 9.17) is 9.84 Å². The van der Waals surface area contributed by atoms with Gasteiger partial charge in [-0.05, 0) is 19.1 Å². The molecular formula is C9H9FO3. The molecule has 0 aliphatic heterocycles. The molecule has 0 saturated carbocycles. The molecule has 70 valence electrons. The Hall–Kier alpha value is -1.58. The summed E-state index contributed by atoms with van der Waals surface area (Å²) in [5.74, 6) is -1.73. The van der Waals surface area contributed by atoms with Gasteiger partial charge in [-0.3, -0.25) is 0 Å². The van der Waals surface area contributed by atoms with Crippen LogP contribution in [0.3, 0.4) is 0 Å². The van der Waals surface area contributed by atoms with Crippen molar-refractivity contribution in [3.8, 4) is 5.75 Å². The second-order valence-electron chi connectivity index (χ2n) is 2.53. The number of carbonyl (C=O) groups is 1. The molecule has 4 heteroatoms. The predicted molar refractivity (Wildman–Crippen MR) is 44.1 cm³/mol. The zero-order chi connectivity index (χ0) is 9.84. The van der Waals surface area contributed by atoms with Crippen LogP contribution in [0.2, 0.25) is 0 Å². The third-order valence-electron chi connectivity index (χ3n) is 1.49. The van der Waals surface area contributed by atoms with E-state index in [1.807, 2.05) is 0 Å². The Kier molecular flexibility index (Phi) is 2.84. The third kappa shape index (κ3) is 2.43. The van der Waals surface area contributed by atoms with Gasteiger partial charge < -0.3 is 9.84 Å².